The summed E-state index contributed by atoms with van der Waals surface area (Å²) in [5.41, 5.74) is 2.39. The molecule has 2 saturated heterocycles. The van der Waals surface area contributed by atoms with Crippen molar-refractivity contribution in [3.05, 3.63) is 29.8 Å². The summed E-state index contributed by atoms with van der Waals surface area (Å²) in [4.78, 5) is 0. The molecule has 0 aromatic heterocycles. The van der Waals surface area contributed by atoms with Crippen molar-refractivity contribution in [2.45, 2.75) is 58.0 Å². The van der Waals surface area contributed by atoms with Crippen LogP contribution in [-0.4, -0.2) is 48.7 Å². The Labute approximate surface area is 146 Å². The summed E-state index contributed by atoms with van der Waals surface area (Å²) in [6, 6.07) is 8.73. The third-order valence-corrected chi connectivity index (χ3v) is 7.48. The second-order valence-electron chi connectivity index (χ2n) is 7.10. The van der Waals surface area contributed by atoms with E-state index in [0.29, 0.717) is 25.7 Å². The number of benzene rings is 1. The zero-order valence-electron chi connectivity index (χ0n) is 14.7. The molecule has 1 aromatic rings. The Bertz CT molecular complexity index is 654. The Morgan fingerprint density at radius 1 is 1.04 bits per heavy atom. The molecule has 6 heteroatoms. The molecule has 0 saturated carbocycles. The molecule has 0 bridgehead atoms. The Morgan fingerprint density at radius 3 is 2.42 bits per heavy atom. The van der Waals surface area contributed by atoms with Crippen LogP contribution in [0.4, 0.5) is 5.69 Å². The third-order valence-electron chi connectivity index (χ3n) is 5.32. The normalized spacial score (nSPS) is 24.8. The summed E-state index contributed by atoms with van der Waals surface area (Å²) < 4.78 is 29.2. The Morgan fingerprint density at radius 2 is 1.75 bits per heavy atom. The van der Waals surface area contributed by atoms with Crippen LogP contribution < -0.4 is 5.32 Å². The smallest absolute Gasteiger partial charge is 0.282 e. The first kappa shape index (κ1) is 17.7. The van der Waals surface area contributed by atoms with E-state index in [-0.39, 0.29) is 6.04 Å². The van der Waals surface area contributed by atoms with Crippen molar-refractivity contribution in [3.8, 4) is 0 Å². The Balaban J connectivity index is 1.59. The van der Waals surface area contributed by atoms with Crippen LogP contribution >= 0.6 is 0 Å². The quantitative estimate of drug-likeness (QED) is 0.907. The number of nitrogens with zero attached hydrogens (tertiary/aromatic N) is 2. The fourth-order valence-electron chi connectivity index (χ4n) is 3.75. The monoisotopic (exact) mass is 351 g/mol. The van der Waals surface area contributed by atoms with Gasteiger partial charge >= 0.3 is 0 Å². The van der Waals surface area contributed by atoms with Gasteiger partial charge in [0.1, 0.15) is 0 Å². The van der Waals surface area contributed by atoms with Gasteiger partial charge in [0.25, 0.3) is 10.2 Å². The van der Waals surface area contributed by atoms with Crippen LogP contribution in [0.2, 0.25) is 0 Å². The predicted molar refractivity (Wildman–Crippen MR) is 98.3 cm³/mol. The molecule has 0 radical (unpaired) electrons. The van der Waals surface area contributed by atoms with Crippen molar-refractivity contribution in [3.63, 3.8) is 0 Å². The number of piperidine rings is 2. The van der Waals surface area contributed by atoms with Crippen molar-refractivity contribution in [2.75, 3.05) is 25.0 Å². The molecule has 134 valence electrons. The van der Waals surface area contributed by atoms with Crippen LogP contribution in [-0.2, 0) is 10.2 Å². The molecular weight excluding hydrogens is 322 g/mol. The molecule has 0 aliphatic carbocycles. The zero-order chi connectivity index (χ0) is 17.2. The summed E-state index contributed by atoms with van der Waals surface area (Å²) >= 11 is 0. The van der Waals surface area contributed by atoms with Gasteiger partial charge in [-0.3, -0.25) is 0 Å². The molecule has 3 rings (SSSR count). The van der Waals surface area contributed by atoms with E-state index in [2.05, 4.69) is 24.4 Å². The summed E-state index contributed by atoms with van der Waals surface area (Å²) in [5.74, 6) is 0. The van der Waals surface area contributed by atoms with E-state index in [4.69, 9.17) is 0 Å². The van der Waals surface area contributed by atoms with Crippen LogP contribution in [0.25, 0.3) is 0 Å². The Kier molecular flexibility index (Phi) is 5.47. The molecule has 0 spiro atoms. The lowest BCUT2D eigenvalue weighted by Gasteiger charge is -2.39. The number of nitrogens with one attached hydrogen (secondary N) is 1. The van der Waals surface area contributed by atoms with Gasteiger partial charge in [-0.05, 0) is 51.2 Å². The lowest BCUT2D eigenvalue weighted by Crippen LogP contribution is -2.52. The average Bonchev–Trinajstić information content (AvgIpc) is 2.58. The van der Waals surface area contributed by atoms with Crippen molar-refractivity contribution in [1.82, 2.24) is 8.61 Å². The number of hydrogen-bond acceptors (Lipinski definition) is 3. The van der Waals surface area contributed by atoms with Gasteiger partial charge in [0.15, 0.2) is 0 Å². The maximum absolute atomic E-state index is 12.9. The van der Waals surface area contributed by atoms with Gasteiger partial charge in [-0.25, -0.2) is 0 Å². The summed E-state index contributed by atoms with van der Waals surface area (Å²) in [7, 11) is -3.30. The summed E-state index contributed by atoms with van der Waals surface area (Å²) in [6.07, 6.45) is 4.81. The lowest BCUT2D eigenvalue weighted by molar-refractivity contribution is 0.232. The van der Waals surface area contributed by atoms with Gasteiger partial charge < -0.3 is 5.32 Å². The molecule has 1 N–H and O–H groups in total. The minimum absolute atomic E-state index is 0.131. The molecule has 0 unspecified atom stereocenters. The van der Waals surface area contributed by atoms with Crippen LogP contribution in [0.3, 0.4) is 0 Å². The Hall–Kier alpha value is -1.11. The summed E-state index contributed by atoms with van der Waals surface area (Å²) in [6.45, 7) is 6.01. The second kappa shape index (κ2) is 7.42. The highest BCUT2D eigenvalue weighted by atomic mass is 32.2. The highest BCUT2D eigenvalue weighted by molar-refractivity contribution is 7.86. The molecule has 2 aliphatic rings. The van der Waals surface area contributed by atoms with E-state index in [9.17, 15) is 8.42 Å². The SMILES string of the molecule is Cc1ccccc1NC1CCN(S(=O)(=O)N2CCCC[C@@H]2C)CC1. The van der Waals surface area contributed by atoms with E-state index < -0.39 is 10.2 Å². The topological polar surface area (TPSA) is 52.7 Å². The van der Waals surface area contributed by atoms with Crippen LogP contribution in [0.15, 0.2) is 24.3 Å². The van der Waals surface area contributed by atoms with E-state index in [0.717, 1.165) is 37.8 Å². The molecule has 2 heterocycles. The minimum atomic E-state index is -3.30. The number of hydrogen-bond donors (Lipinski definition) is 1. The average molecular weight is 352 g/mol. The third kappa shape index (κ3) is 3.76. The molecule has 1 atom stereocenters. The van der Waals surface area contributed by atoms with E-state index in [1.807, 2.05) is 19.1 Å². The van der Waals surface area contributed by atoms with Gasteiger partial charge in [0.2, 0.25) is 0 Å². The molecule has 24 heavy (non-hydrogen) atoms. The lowest BCUT2D eigenvalue weighted by atomic mass is 10.1. The fourth-order valence-corrected chi connectivity index (χ4v) is 5.64. The van der Waals surface area contributed by atoms with Gasteiger partial charge in [-0.2, -0.15) is 17.0 Å². The van der Waals surface area contributed by atoms with Crippen LogP contribution in [0.5, 0.6) is 0 Å². The fraction of sp³-hybridized carbons (Fsp3) is 0.667. The predicted octanol–water partition coefficient (Wildman–Crippen LogP) is 2.99. The first-order valence-electron chi connectivity index (χ1n) is 9.07. The number of anilines is 1. The molecule has 0 amide bonds. The first-order chi connectivity index (χ1) is 11.5. The maximum Gasteiger partial charge on any atom is 0.282 e. The first-order valence-corrected chi connectivity index (χ1v) is 10.5. The molecular formula is C18H29N3O2S. The largest absolute Gasteiger partial charge is 0.382 e. The summed E-state index contributed by atoms with van der Waals surface area (Å²) in [5, 5.41) is 3.57. The van der Waals surface area contributed by atoms with Crippen molar-refractivity contribution in [1.29, 1.82) is 0 Å². The molecule has 2 fully saturated rings. The number of aryl methyl sites for hydroxylation is 1. The highest BCUT2D eigenvalue weighted by Gasteiger charge is 2.36. The van der Waals surface area contributed by atoms with Gasteiger partial charge in [0, 0.05) is 37.4 Å². The highest BCUT2D eigenvalue weighted by Crippen LogP contribution is 2.26. The van der Waals surface area contributed by atoms with E-state index in [1.165, 1.54) is 5.56 Å². The van der Waals surface area contributed by atoms with Crippen molar-refractivity contribution >= 4 is 15.9 Å². The second-order valence-corrected chi connectivity index (χ2v) is 8.98. The van der Waals surface area contributed by atoms with Crippen LogP contribution in [0, 0.1) is 6.92 Å². The number of rotatable bonds is 4. The standard InChI is InChI=1S/C18H29N3O2S/c1-15-7-3-4-9-18(15)19-17-10-13-20(14-11-17)24(22,23)21-12-6-5-8-16(21)2/h3-4,7,9,16-17,19H,5-6,8,10-14H2,1-2H3/t16-/m0/s1. The number of para-hydroxylation sites is 1. The zero-order valence-corrected chi connectivity index (χ0v) is 15.6. The van der Waals surface area contributed by atoms with Crippen molar-refractivity contribution in [2.24, 2.45) is 0 Å². The molecule has 2 aliphatic heterocycles. The van der Waals surface area contributed by atoms with Crippen molar-refractivity contribution < 1.29 is 8.42 Å². The van der Waals surface area contributed by atoms with E-state index in [1.54, 1.807) is 8.61 Å². The van der Waals surface area contributed by atoms with Gasteiger partial charge in [-0.15, -0.1) is 0 Å². The molecule has 5 nitrogen and oxygen atoms in total. The molecule has 1 aromatic carbocycles. The van der Waals surface area contributed by atoms with Gasteiger partial charge in [-0.1, -0.05) is 24.6 Å². The van der Waals surface area contributed by atoms with Crippen LogP contribution in [0.1, 0.15) is 44.6 Å². The van der Waals surface area contributed by atoms with Gasteiger partial charge in [0.05, 0.1) is 0 Å². The van der Waals surface area contributed by atoms with E-state index >= 15 is 0 Å². The minimum Gasteiger partial charge on any atom is -0.382 e. The maximum atomic E-state index is 12.9.